The van der Waals surface area contributed by atoms with Crippen LogP contribution in [0.5, 0.6) is 0 Å². The fourth-order valence-corrected chi connectivity index (χ4v) is 2.83. The van der Waals surface area contributed by atoms with Crippen molar-refractivity contribution in [2.45, 2.75) is 46.3 Å². The van der Waals surface area contributed by atoms with Gasteiger partial charge in [0.2, 0.25) is 0 Å². The van der Waals surface area contributed by atoms with Crippen molar-refractivity contribution in [3.63, 3.8) is 0 Å². The summed E-state index contributed by atoms with van der Waals surface area (Å²) in [6.07, 6.45) is 1.24. The average molecular weight is 281 g/mol. The molecule has 0 bridgehead atoms. The lowest BCUT2D eigenvalue weighted by Gasteiger charge is -2.30. The average Bonchev–Trinajstić information content (AvgIpc) is 2.48. The Morgan fingerprint density at radius 3 is 1.52 bits per heavy atom. The van der Waals surface area contributed by atoms with Crippen LogP contribution in [0.3, 0.4) is 0 Å². The predicted molar refractivity (Wildman–Crippen MR) is 91.0 cm³/mol. The van der Waals surface area contributed by atoms with E-state index >= 15 is 0 Å². The summed E-state index contributed by atoms with van der Waals surface area (Å²) in [5, 5.41) is 0. The van der Waals surface area contributed by atoms with Crippen LogP contribution in [0.2, 0.25) is 0 Å². The Morgan fingerprint density at radius 2 is 1.14 bits per heavy atom. The zero-order valence-corrected chi connectivity index (χ0v) is 13.5. The molecule has 0 aromatic heterocycles. The smallest absolute Gasteiger partial charge is 0.0240 e. The summed E-state index contributed by atoms with van der Waals surface area (Å²) in [4.78, 5) is 2.59. The van der Waals surface area contributed by atoms with E-state index in [0.717, 1.165) is 19.0 Å². The Morgan fingerprint density at radius 1 is 0.714 bits per heavy atom. The highest BCUT2D eigenvalue weighted by atomic mass is 15.1. The van der Waals surface area contributed by atoms with Gasteiger partial charge in [-0.25, -0.2) is 0 Å². The van der Waals surface area contributed by atoms with Crippen molar-refractivity contribution in [2.24, 2.45) is 5.92 Å². The normalized spacial score (nSPS) is 12.8. The van der Waals surface area contributed by atoms with E-state index in [1.54, 1.807) is 0 Å². The van der Waals surface area contributed by atoms with Gasteiger partial charge in [-0.15, -0.1) is 0 Å². The highest BCUT2D eigenvalue weighted by Gasteiger charge is 2.16. The van der Waals surface area contributed by atoms with Gasteiger partial charge < -0.3 is 0 Å². The van der Waals surface area contributed by atoms with Crippen LogP contribution in [0.15, 0.2) is 60.7 Å². The van der Waals surface area contributed by atoms with Crippen molar-refractivity contribution in [3.8, 4) is 0 Å². The van der Waals surface area contributed by atoms with Gasteiger partial charge >= 0.3 is 0 Å². The van der Waals surface area contributed by atoms with Crippen molar-refractivity contribution in [2.75, 3.05) is 0 Å². The van der Waals surface area contributed by atoms with Gasteiger partial charge in [-0.2, -0.15) is 0 Å². The van der Waals surface area contributed by atoms with Gasteiger partial charge in [-0.1, -0.05) is 74.5 Å². The molecule has 0 unspecified atom stereocenters. The summed E-state index contributed by atoms with van der Waals surface area (Å²) in [5.74, 6) is 0.731. The molecule has 0 amide bonds. The second-order valence-electron chi connectivity index (χ2n) is 6.35. The molecular formula is C20H27N. The number of nitrogens with zero attached hydrogens (tertiary/aromatic N) is 1. The summed E-state index contributed by atoms with van der Waals surface area (Å²) < 4.78 is 0. The highest BCUT2D eigenvalue weighted by Crippen LogP contribution is 2.18. The Bertz CT molecular complexity index is 462. The van der Waals surface area contributed by atoms with E-state index in [1.165, 1.54) is 17.5 Å². The maximum atomic E-state index is 2.59. The molecule has 2 aromatic carbocycles. The third kappa shape index (κ3) is 5.35. The van der Waals surface area contributed by atoms with Crippen molar-refractivity contribution < 1.29 is 0 Å². The Balaban J connectivity index is 2.10. The first-order valence-electron chi connectivity index (χ1n) is 7.97. The first-order valence-corrected chi connectivity index (χ1v) is 7.97. The number of hydrogen-bond donors (Lipinski definition) is 0. The largest absolute Gasteiger partial charge is 0.292 e. The molecule has 0 aliphatic rings. The molecule has 1 atom stereocenters. The molecule has 1 heteroatoms. The SMILES string of the molecule is CC(C)C[C@H](C)N(Cc1ccccc1)Cc1ccccc1. The molecule has 0 saturated carbocycles. The van der Waals surface area contributed by atoms with Crippen molar-refractivity contribution >= 4 is 0 Å². The minimum atomic E-state index is 0.588. The van der Waals surface area contributed by atoms with Crippen LogP contribution in [0.1, 0.15) is 38.3 Å². The van der Waals surface area contributed by atoms with Crippen molar-refractivity contribution in [3.05, 3.63) is 71.8 Å². The molecule has 1 nitrogen and oxygen atoms in total. The Kier molecular flexibility index (Phi) is 6.01. The van der Waals surface area contributed by atoms with Crippen molar-refractivity contribution in [1.29, 1.82) is 0 Å². The highest BCUT2D eigenvalue weighted by molar-refractivity contribution is 5.17. The van der Waals surface area contributed by atoms with Gasteiger partial charge in [-0.05, 0) is 30.4 Å². The van der Waals surface area contributed by atoms with E-state index in [1.807, 2.05) is 0 Å². The first-order chi connectivity index (χ1) is 10.1. The summed E-state index contributed by atoms with van der Waals surface area (Å²) in [5.41, 5.74) is 2.79. The predicted octanol–water partition coefficient (Wildman–Crippen LogP) is 5.12. The third-order valence-corrected chi connectivity index (χ3v) is 3.89. The summed E-state index contributed by atoms with van der Waals surface area (Å²) in [7, 11) is 0. The maximum Gasteiger partial charge on any atom is 0.0240 e. The molecule has 0 heterocycles. The number of benzene rings is 2. The van der Waals surface area contributed by atoms with Crippen LogP contribution in [0.4, 0.5) is 0 Å². The van der Waals surface area contributed by atoms with E-state index in [0.29, 0.717) is 6.04 Å². The minimum absolute atomic E-state index is 0.588. The van der Waals surface area contributed by atoms with E-state index in [9.17, 15) is 0 Å². The maximum absolute atomic E-state index is 2.59. The fourth-order valence-electron chi connectivity index (χ4n) is 2.83. The van der Waals surface area contributed by atoms with E-state index in [2.05, 4.69) is 86.3 Å². The van der Waals surface area contributed by atoms with Crippen LogP contribution in [-0.2, 0) is 13.1 Å². The van der Waals surface area contributed by atoms with Gasteiger partial charge in [0.15, 0.2) is 0 Å². The molecule has 0 aliphatic carbocycles. The lowest BCUT2D eigenvalue weighted by Crippen LogP contribution is -2.33. The van der Waals surface area contributed by atoms with Crippen LogP contribution in [0.25, 0.3) is 0 Å². The minimum Gasteiger partial charge on any atom is -0.292 e. The van der Waals surface area contributed by atoms with E-state index < -0.39 is 0 Å². The standard InChI is InChI=1S/C20H27N/c1-17(2)14-18(3)21(15-19-10-6-4-7-11-19)16-20-12-8-5-9-13-20/h4-13,17-18H,14-16H2,1-3H3/t18-/m0/s1. The first kappa shape index (κ1) is 15.8. The molecule has 112 valence electrons. The van der Waals surface area contributed by atoms with E-state index in [4.69, 9.17) is 0 Å². The molecule has 0 aliphatic heterocycles. The lowest BCUT2D eigenvalue weighted by atomic mass is 10.0. The van der Waals surface area contributed by atoms with E-state index in [-0.39, 0.29) is 0 Å². The Labute approximate surface area is 129 Å². The third-order valence-electron chi connectivity index (χ3n) is 3.89. The summed E-state index contributed by atoms with van der Waals surface area (Å²) in [6.45, 7) is 9.00. The van der Waals surface area contributed by atoms with Gasteiger partial charge in [0.05, 0.1) is 0 Å². The number of hydrogen-bond acceptors (Lipinski definition) is 1. The second kappa shape index (κ2) is 7.99. The molecule has 21 heavy (non-hydrogen) atoms. The molecule has 2 aromatic rings. The zero-order valence-electron chi connectivity index (χ0n) is 13.5. The quantitative estimate of drug-likeness (QED) is 0.680. The summed E-state index contributed by atoms with van der Waals surface area (Å²) in [6, 6.07) is 22.2. The molecule has 0 radical (unpaired) electrons. The van der Waals surface area contributed by atoms with Gasteiger partial charge in [0.1, 0.15) is 0 Å². The number of rotatable bonds is 7. The van der Waals surface area contributed by atoms with Gasteiger partial charge in [-0.3, -0.25) is 4.90 Å². The molecule has 0 fully saturated rings. The molecule has 0 spiro atoms. The topological polar surface area (TPSA) is 3.24 Å². The van der Waals surface area contributed by atoms with Crippen LogP contribution in [-0.4, -0.2) is 10.9 Å². The van der Waals surface area contributed by atoms with Crippen LogP contribution >= 0.6 is 0 Å². The zero-order chi connectivity index (χ0) is 15.1. The summed E-state index contributed by atoms with van der Waals surface area (Å²) >= 11 is 0. The van der Waals surface area contributed by atoms with Crippen LogP contribution in [0, 0.1) is 5.92 Å². The molecular weight excluding hydrogens is 254 g/mol. The molecule has 0 N–H and O–H groups in total. The monoisotopic (exact) mass is 281 g/mol. The van der Waals surface area contributed by atoms with Gasteiger partial charge in [0.25, 0.3) is 0 Å². The lowest BCUT2D eigenvalue weighted by molar-refractivity contribution is 0.169. The molecule has 0 saturated heterocycles. The van der Waals surface area contributed by atoms with Crippen LogP contribution < -0.4 is 0 Å². The van der Waals surface area contributed by atoms with Crippen molar-refractivity contribution in [1.82, 2.24) is 4.90 Å². The second-order valence-corrected chi connectivity index (χ2v) is 6.35. The van der Waals surface area contributed by atoms with Gasteiger partial charge in [0, 0.05) is 19.1 Å². The Hall–Kier alpha value is -1.60. The fraction of sp³-hybridized carbons (Fsp3) is 0.400. The molecule has 2 rings (SSSR count).